The highest BCUT2D eigenvalue weighted by Crippen LogP contribution is 2.19. The molecule has 0 aromatic heterocycles. The van der Waals surface area contributed by atoms with Crippen LogP contribution in [-0.2, 0) is 0 Å². The maximum Gasteiger partial charge on any atom is 0.0602 e. The van der Waals surface area contributed by atoms with Gasteiger partial charge in [0.15, 0.2) is 0 Å². The summed E-state index contributed by atoms with van der Waals surface area (Å²) in [6.07, 6.45) is 2.23. The van der Waals surface area contributed by atoms with Crippen molar-refractivity contribution in [1.82, 2.24) is 4.90 Å². The maximum atomic E-state index is 9.75. The van der Waals surface area contributed by atoms with E-state index in [-0.39, 0.29) is 18.7 Å². The predicted octanol–water partition coefficient (Wildman–Crippen LogP) is 2.48. The fourth-order valence-electron chi connectivity index (χ4n) is 2.63. The van der Waals surface area contributed by atoms with Crippen molar-refractivity contribution in [3.05, 3.63) is 0 Å². The van der Waals surface area contributed by atoms with E-state index in [0.717, 1.165) is 19.4 Å². The topological polar surface area (TPSA) is 49.5 Å². The monoisotopic (exact) mass is 258 g/mol. The van der Waals surface area contributed by atoms with Crippen molar-refractivity contribution in [2.24, 2.45) is 17.6 Å². The summed E-state index contributed by atoms with van der Waals surface area (Å²) in [4.78, 5) is 2.44. The van der Waals surface area contributed by atoms with Gasteiger partial charge in [-0.05, 0) is 24.7 Å². The van der Waals surface area contributed by atoms with Gasteiger partial charge in [0, 0.05) is 24.7 Å². The Kier molecular flexibility index (Phi) is 8.83. The molecule has 3 heteroatoms. The van der Waals surface area contributed by atoms with Crippen molar-refractivity contribution in [3.63, 3.8) is 0 Å². The van der Waals surface area contributed by atoms with Gasteiger partial charge in [-0.3, -0.25) is 4.90 Å². The molecule has 0 heterocycles. The molecule has 110 valence electrons. The SMILES string of the molecule is CCC(CC)N(CC(C)C)C(CO)C(N)C(C)C. The van der Waals surface area contributed by atoms with Gasteiger partial charge in [-0.15, -0.1) is 0 Å². The lowest BCUT2D eigenvalue weighted by molar-refractivity contribution is 0.0436. The van der Waals surface area contributed by atoms with Crippen LogP contribution >= 0.6 is 0 Å². The van der Waals surface area contributed by atoms with E-state index in [2.05, 4.69) is 46.4 Å². The summed E-state index contributed by atoms with van der Waals surface area (Å²) in [7, 11) is 0. The molecule has 0 aromatic carbocycles. The van der Waals surface area contributed by atoms with E-state index in [0.29, 0.717) is 17.9 Å². The Morgan fingerprint density at radius 3 is 1.83 bits per heavy atom. The van der Waals surface area contributed by atoms with Gasteiger partial charge in [-0.2, -0.15) is 0 Å². The van der Waals surface area contributed by atoms with Gasteiger partial charge >= 0.3 is 0 Å². The molecule has 0 aliphatic heterocycles. The van der Waals surface area contributed by atoms with Crippen LogP contribution in [0.4, 0.5) is 0 Å². The van der Waals surface area contributed by atoms with E-state index in [1.165, 1.54) is 0 Å². The Labute approximate surface area is 114 Å². The predicted molar refractivity (Wildman–Crippen MR) is 79.6 cm³/mol. The summed E-state index contributed by atoms with van der Waals surface area (Å²) < 4.78 is 0. The normalized spacial score (nSPS) is 16.0. The second-order valence-electron chi connectivity index (χ2n) is 6.13. The van der Waals surface area contributed by atoms with Crippen molar-refractivity contribution in [3.8, 4) is 0 Å². The first-order chi connectivity index (χ1) is 8.38. The molecule has 0 aliphatic carbocycles. The van der Waals surface area contributed by atoms with E-state index in [1.807, 2.05) is 0 Å². The molecule has 0 aromatic rings. The lowest BCUT2D eigenvalue weighted by atomic mass is 9.93. The van der Waals surface area contributed by atoms with Crippen molar-refractivity contribution < 1.29 is 5.11 Å². The van der Waals surface area contributed by atoms with Crippen LogP contribution in [0.25, 0.3) is 0 Å². The highest BCUT2D eigenvalue weighted by molar-refractivity contribution is 4.87. The van der Waals surface area contributed by atoms with Gasteiger partial charge in [-0.25, -0.2) is 0 Å². The number of aliphatic hydroxyl groups is 1. The zero-order chi connectivity index (χ0) is 14.3. The van der Waals surface area contributed by atoms with Crippen LogP contribution in [0.2, 0.25) is 0 Å². The van der Waals surface area contributed by atoms with Crippen molar-refractivity contribution in [2.75, 3.05) is 13.2 Å². The van der Waals surface area contributed by atoms with E-state index >= 15 is 0 Å². The summed E-state index contributed by atoms with van der Waals surface area (Å²) in [5, 5.41) is 9.75. The van der Waals surface area contributed by atoms with Crippen LogP contribution in [0.1, 0.15) is 54.4 Å². The summed E-state index contributed by atoms with van der Waals surface area (Å²) in [6.45, 7) is 14.3. The van der Waals surface area contributed by atoms with Crippen LogP contribution in [0.15, 0.2) is 0 Å². The Morgan fingerprint density at radius 2 is 1.56 bits per heavy atom. The molecule has 3 nitrogen and oxygen atoms in total. The smallest absolute Gasteiger partial charge is 0.0602 e. The number of nitrogens with zero attached hydrogens (tertiary/aromatic N) is 1. The Morgan fingerprint density at radius 1 is 1.06 bits per heavy atom. The standard InChI is InChI=1S/C15H34N2O/c1-7-13(8-2)17(9-11(3)4)14(10-18)15(16)12(5)6/h11-15,18H,7-10,16H2,1-6H3. The molecule has 18 heavy (non-hydrogen) atoms. The first-order valence-electron chi connectivity index (χ1n) is 7.51. The molecule has 2 unspecified atom stereocenters. The minimum Gasteiger partial charge on any atom is -0.395 e. The van der Waals surface area contributed by atoms with Crippen LogP contribution in [0.5, 0.6) is 0 Å². The summed E-state index contributed by atoms with van der Waals surface area (Å²) in [6, 6.07) is 0.640. The number of rotatable bonds is 9. The minimum atomic E-state index is 0.0364. The fourth-order valence-corrected chi connectivity index (χ4v) is 2.63. The van der Waals surface area contributed by atoms with Gasteiger partial charge in [0.05, 0.1) is 6.61 Å². The Bertz CT molecular complexity index is 203. The van der Waals surface area contributed by atoms with E-state index in [1.54, 1.807) is 0 Å². The first kappa shape index (κ1) is 17.9. The quantitative estimate of drug-likeness (QED) is 0.668. The third kappa shape index (κ3) is 5.25. The number of hydrogen-bond acceptors (Lipinski definition) is 3. The average Bonchev–Trinajstić information content (AvgIpc) is 2.30. The third-order valence-electron chi connectivity index (χ3n) is 3.81. The number of nitrogens with two attached hydrogens (primary N) is 1. The van der Waals surface area contributed by atoms with E-state index in [4.69, 9.17) is 5.73 Å². The molecule has 0 saturated carbocycles. The summed E-state index contributed by atoms with van der Waals surface area (Å²) in [5.74, 6) is 0.991. The molecule has 0 bridgehead atoms. The van der Waals surface area contributed by atoms with Crippen molar-refractivity contribution in [1.29, 1.82) is 0 Å². The molecule has 2 atom stereocenters. The molecule has 3 N–H and O–H groups in total. The molecule has 0 saturated heterocycles. The van der Waals surface area contributed by atoms with Gasteiger partial charge in [0.1, 0.15) is 0 Å². The van der Waals surface area contributed by atoms with E-state index in [9.17, 15) is 5.11 Å². The molecule has 0 aliphatic rings. The lowest BCUT2D eigenvalue weighted by Gasteiger charge is -2.41. The first-order valence-corrected chi connectivity index (χ1v) is 7.51. The maximum absolute atomic E-state index is 9.75. The Balaban J connectivity index is 4.98. The van der Waals surface area contributed by atoms with E-state index < -0.39 is 0 Å². The molecular weight excluding hydrogens is 224 g/mol. The van der Waals surface area contributed by atoms with Gasteiger partial charge < -0.3 is 10.8 Å². The molecule has 0 rings (SSSR count). The van der Waals surface area contributed by atoms with Crippen LogP contribution < -0.4 is 5.73 Å². The molecule has 0 spiro atoms. The van der Waals surface area contributed by atoms with Crippen molar-refractivity contribution >= 4 is 0 Å². The Hall–Kier alpha value is -0.120. The summed E-state index contributed by atoms with van der Waals surface area (Å²) >= 11 is 0. The fraction of sp³-hybridized carbons (Fsp3) is 1.00. The zero-order valence-corrected chi connectivity index (χ0v) is 13.2. The average molecular weight is 258 g/mol. The molecule has 0 fully saturated rings. The lowest BCUT2D eigenvalue weighted by Crippen LogP contribution is -2.56. The van der Waals surface area contributed by atoms with Gasteiger partial charge in [0.2, 0.25) is 0 Å². The molecule has 0 amide bonds. The summed E-state index contributed by atoms with van der Waals surface area (Å²) in [5.41, 5.74) is 6.29. The molecular formula is C15H34N2O. The minimum absolute atomic E-state index is 0.0364. The van der Waals surface area contributed by atoms with Gasteiger partial charge in [0.25, 0.3) is 0 Å². The second-order valence-corrected chi connectivity index (χ2v) is 6.13. The van der Waals surface area contributed by atoms with Crippen LogP contribution in [-0.4, -0.2) is 41.3 Å². The number of aliphatic hydroxyl groups excluding tert-OH is 1. The third-order valence-corrected chi connectivity index (χ3v) is 3.81. The zero-order valence-electron chi connectivity index (χ0n) is 13.2. The highest BCUT2D eigenvalue weighted by atomic mass is 16.3. The van der Waals surface area contributed by atoms with Crippen LogP contribution in [0, 0.1) is 11.8 Å². The van der Waals surface area contributed by atoms with Crippen LogP contribution in [0.3, 0.4) is 0 Å². The van der Waals surface area contributed by atoms with Gasteiger partial charge in [-0.1, -0.05) is 41.5 Å². The molecule has 0 radical (unpaired) electrons. The van der Waals surface area contributed by atoms with Crippen molar-refractivity contribution in [2.45, 2.75) is 72.5 Å². The number of hydrogen-bond donors (Lipinski definition) is 2. The second kappa shape index (κ2) is 8.89. The highest BCUT2D eigenvalue weighted by Gasteiger charge is 2.30. The largest absolute Gasteiger partial charge is 0.395 e.